The summed E-state index contributed by atoms with van der Waals surface area (Å²) >= 11 is 6.11. The van der Waals surface area contributed by atoms with Crippen LogP contribution in [0, 0.1) is 11.3 Å². The number of methoxy groups -OCH3 is 1. The second kappa shape index (κ2) is 9.36. The van der Waals surface area contributed by atoms with Gasteiger partial charge in [0.2, 0.25) is 5.95 Å². The van der Waals surface area contributed by atoms with Crippen molar-refractivity contribution in [3.63, 3.8) is 0 Å². The average Bonchev–Trinajstić information content (AvgIpc) is 3.06. The van der Waals surface area contributed by atoms with Crippen molar-refractivity contribution in [2.75, 3.05) is 24.3 Å². The third-order valence-electron chi connectivity index (χ3n) is 3.79. The van der Waals surface area contributed by atoms with E-state index in [1.807, 2.05) is 19.9 Å². The van der Waals surface area contributed by atoms with Crippen molar-refractivity contribution in [3.8, 4) is 0 Å². The maximum atomic E-state index is 7.93. The Labute approximate surface area is 164 Å². The molecule has 146 valence electrons. The molecule has 2 aromatic rings. The molecule has 2 aromatic heterocycles. The SMILES string of the molecule is CO/C(=C\C(=N)C(C)C)CNc1nc(Cl)cc(Nc2cc(C(C)C)[nH]n2)n1. The molecule has 0 fully saturated rings. The summed E-state index contributed by atoms with van der Waals surface area (Å²) in [4.78, 5) is 8.56. The molecule has 0 aromatic carbocycles. The Bertz CT molecular complexity index is 814. The van der Waals surface area contributed by atoms with E-state index in [0.717, 1.165) is 5.69 Å². The van der Waals surface area contributed by atoms with Crippen molar-refractivity contribution in [1.82, 2.24) is 20.2 Å². The number of hydrogen-bond donors (Lipinski definition) is 4. The van der Waals surface area contributed by atoms with E-state index in [9.17, 15) is 0 Å². The Morgan fingerprint density at radius 3 is 2.59 bits per heavy atom. The molecule has 2 heterocycles. The van der Waals surface area contributed by atoms with Gasteiger partial charge in [0.15, 0.2) is 5.82 Å². The van der Waals surface area contributed by atoms with E-state index >= 15 is 0 Å². The fourth-order valence-corrected chi connectivity index (χ4v) is 2.26. The lowest BCUT2D eigenvalue weighted by atomic mass is 10.1. The van der Waals surface area contributed by atoms with E-state index in [-0.39, 0.29) is 5.92 Å². The maximum absolute atomic E-state index is 7.93. The molecule has 27 heavy (non-hydrogen) atoms. The van der Waals surface area contributed by atoms with Gasteiger partial charge in [-0.15, -0.1) is 0 Å². The third-order valence-corrected chi connectivity index (χ3v) is 3.99. The number of rotatable bonds is 9. The standard InChI is InChI=1S/C18H26ClN7O/c1-10(2)13(20)6-12(27-5)9-21-18-22-15(19)8-16(24-18)23-17-7-14(11(3)4)25-26-17/h6-8,10-11,20H,9H2,1-5H3,(H3,21,22,23,24,25,26)/b12-6-,20-13?. The van der Waals surface area contributed by atoms with Gasteiger partial charge in [-0.3, -0.25) is 5.10 Å². The first-order valence-corrected chi connectivity index (χ1v) is 9.10. The second-order valence-electron chi connectivity index (χ2n) is 6.67. The lowest BCUT2D eigenvalue weighted by Gasteiger charge is -2.11. The highest BCUT2D eigenvalue weighted by molar-refractivity contribution is 6.29. The van der Waals surface area contributed by atoms with Gasteiger partial charge in [-0.25, -0.2) is 4.98 Å². The van der Waals surface area contributed by atoms with E-state index in [4.69, 9.17) is 21.7 Å². The molecular formula is C18H26ClN7O. The summed E-state index contributed by atoms with van der Waals surface area (Å²) in [5.74, 6) is 2.62. The number of H-pyrrole nitrogens is 1. The normalized spacial score (nSPS) is 11.8. The Balaban J connectivity index is 2.08. The molecule has 0 aliphatic rings. The van der Waals surface area contributed by atoms with Crippen LogP contribution < -0.4 is 10.6 Å². The van der Waals surface area contributed by atoms with E-state index in [0.29, 0.717) is 46.7 Å². The molecule has 0 unspecified atom stereocenters. The minimum absolute atomic E-state index is 0.123. The largest absolute Gasteiger partial charge is 0.499 e. The second-order valence-corrected chi connectivity index (χ2v) is 7.05. The van der Waals surface area contributed by atoms with Gasteiger partial charge in [-0.1, -0.05) is 39.3 Å². The van der Waals surface area contributed by atoms with E-state index in [1.54, 1.807) is 19.3 Å². The molecule has 0 atom stereocenters. The van der Waals surface area contributed by atoms with Crippen LogP contribution in [-0.2, 0) is 4.74 Å². The Morgan fingerprint density at radius 2 is 2.00 bits per heavy atom. The van der Waals surface area contributed by atoms with Crippen LogP contribution in [0.3, 0.4) is 0 Å². The summed E-state index contributed by atoms with van der Waals surface area (Å²) in [6.45, 7) is 8.42. The number of hydrogen-bond acceptors (Lipinski definition) is 7. The van der Waals surface area contributed by atoms with Crippen LogP contribution in [0.1, 0.15) is 39.3 Å². The third kappa shape index (κ3) is 6.25. The van der Waals surface area contributed by atoms with E-state index < -0.39 is 0 Å². The minimum Gasteiger partial charge on any atom is -0.499 e. The molecule has 4 N–H and O–H groups in total. The van der Waals surface area contributed by atoms with Crippen LogP contribution in [0.5, 0.6) is 0 Å². The van der Waals surface area contributed by atoms with Crippen molar-refractivity contribution < 1.29 is 4.74 Å². The summed E-state index contributed by atoms with van der Waals surface area (Å²) in [5.41, 5.74) is 1.51. The zero-order valence-electron chi connectivity index (χ0n) is 16.2. The van der Waals surface area contributed by atoms with Crippen molar-refractivity contribution in [2.24, 2.45) is 5.92 Å². The maximum Gasteiger partial charge on any atom is 0.226 e. The topological polar surface area (TPSA) is 112 Å². The van der Waals surface area contributed by atoms with Gasteiger partial charge in [0, 0.05) is 23.5 Å². The monoisotopic (exact) mass is 391 g/mol. The predicted molar refractivity (Wildman–Crippen MR) is 109 cm³/mol. The molecule has 0 saturated heterocycles. The van der Waals surface area contributed by atoms with Crippen LogP contribution in [-0.4, -0.2) is 39.5 Å². The van der Waals surface area contributed by atoms with Crippen molar-refractivity contribution in [2.45, 2.75) is 33.6 Å². The molecule has 0 bridgehead atoms. The van der Waals surface area contributed by atoms with Crippen LogP contribution in [0.4, 0.5) is 17.6 Å². The zero-order chi connectivity index (χ0) is 20.0. The van der Waals surface area contributed by atoms with Crippen molar-refractivity contribution in [3.05, 3.63) is 34.8 Å². The molecule has 2 rings (SSSR count). The minimum atomic E-state index is 0.123. The predicted octanol–water partition coefficient (Wildman–Crippen LogP) is 4.34. The zero-order valence-corrected chi connectivity index (χ0v) is 17.0. The van der Waals surface area contributed by atoms with Crippen LogP contribution in [0.25, 0.3) is 0 Å². The first-order valence-electron chi connectivity index (χ1n) is 8.72. The highest BCUT2D eigenvalue weighted by Gasteiger charge is 2.09. The number of allylic oxidation sites excluding steroid dienone is 1. The van der Waals surface area contributed by atoms with Gasteiger partial charge in [0.05, 0.1) is 13.7 Å². The molecule has 0 aliphatic heterocycles. The molecule has 9 heteroatoms. The fourth-order valence-electron chi connectivity index (χ4n) is 2.08. The fraction of sp³-hybridized carbons (Fsp3) is 0.444. The summed E-state index contributed by atoms with van der Waals surface area (Å²) < 4.78 is 5.31. The molecule has 0 amide bonds. The molecule has 0 radical (unpaired) electrons. The quantitative estimate of drug-likeness (QED) is 0.287. The van der Waals surface area contributed by atoms with Gasteiger partial charge in [0.25, 0.3) is 0 Å². The van der Waals surface area contributed by atoms with E-state index in [2.05, 4.69) is 44.6 Å². The van der Waals surface area contributed by atoms with Gasteiger partial charge in [0.1, 0.15) is 16.7 Å². The summed E-state index contributed by atoms with van der Waals surface area (Å²) in [6, 6.07) is 3.55. The highest BCUT2D eigenvalue weighted by atomic mass is 35.5. The lowest BCUT2D eigenvalue weighted by Crippen LogP contribution is -2.12. The van der Waals surface area contributed by atoms with Gasteiger partial charge >= 0.3 is 0 Å². The lowest BCUT2D eigenvalue weighted by molar-refractivity contribution is 0.290. The molecule has 0 spiro atoms. The number of halogens is 1. The molecule has 0 saturated carbocycles. The first kappa shape index (κ1) is 20.7. The van der Waals surface area contributed by atoms with Crippen LogP contribution >= 0.6 is 11.6 Å². The molecule has 0 aliphatic carbocycles. The number of nitrogens with zero attached hydrogens (tertiary/aromatic N) is 3. The molecular weight excluding hydrogens is 366 g/mol. The first-order chi connectivity index (χ1) is 12.8. The number of ether oxygens (including phenoxy) is 1. The van der Waals surface area contributed by atoms with Gasteiger partial charge in [-0.2, -0.15) is 10.1 Å². The number of anilines is 3. The summed E-state index contributed by atoms with van der Waals surface area (Å²) in [7, 11) is 1.57. The van der Waals surface area contributed by atoms with Gasteiger partial charge in [-0.05, 0) is 17.9 Å². The Morgan fingerprint density at radius 1 is 1.26 bits per heavy atom. The number of aromatic amines is 1. The van der Waals surface area contributed by atoms with Crippen molar-refractivity contribution >= 4 is 34.9 Å². The van der Waals surface area contributed by atoms with Crippen LogP contribution in [0.2, 0.25) is 5.15 Å². The molecule has 8 nitrogen and oxygen atoms in total. The smallest absolute Gasteiger partial charge is 0.226 e. The number of aromatic nitrogens is 4. The van der Waals surface area contributed by atoms with Crippen molar-refractivity contribution in [1.29, 1.82) is 5.41 Å². The Kier molecular flexibility index (Phi) is 7.18. The van der Waals surface area contributed by atoms with Gasteiger partial charge < -0.3 is 20.8 Å². The van der Waals surface area contributed by atoms with E-state index in [1.165, 1.54) is 0 Å². The Hall–Kier alpha value is -2.61. The summed E-state index contributed by atoms with van der Waals surface area (Å²) in [5, 5.41) is 21.6. The average molecular weight is 392 g/mol. The van der Waals surface area contributed by atoms with Crippen LogP contribution in [0.15, 0.2) is 24.0 Å². The summed E-state index contributed by atoms with van der Waals surface area (Å²) in [6.07, 6.45) is 1.69. The number of nitrogens with one attached hydrogen (secondary N) is 4. The highest BCUT2D eigenvalue weighted by Crippen LogP contribution is 2.21.